The lowest BCUT2D eigenvalue weighted by atomic mass is 10.2. The van der Waals surface area contributed by atoms with Crippen LogP contribution in [-0.2, 0) is 0 Å². The van der Waals surface area contributed by atoms with E-state index in [1.807, 2.05) is 0 Å². The Morgan fingerprint density at radius 3 is 1.50 bits per heavy atom. The van der Waals surface area contributed by atoms with Gasteiger partial charge in [-0.05, 0) is 22.9 Å². The molecule has 0 saturated carbocycles. The summed E-state index contributed by atoms with van der Waals surface area (Å²) in [7, 11) is 0. The van der Waals surface area contributed by atoms with E-state index in [1.165, 1.54) is 0 Å². The minimum Gasteiger partial charge on any atom is -0.344 e. The highest BCUT2D eigenvalue weighted by Crippen LogP contribution is 2.47. The summed E-state index contributed by atoms with van der Waals surface area (Å²) in [5, 5.41) is 96.0. The second kappa shape index (κ2) is 10.8. The fourth-order valence-corrected chi connectivity index (χ4v) is 4.84. The van der Waals surface area contributed by atoms with Gasteiger partial charge in [-0.15, -0.1) is 0 Å². The average Bonchev–Trinajstić information content (AvgIpc) is 3.73. The van der Waals surface area contributed by atoms with Gasteiger partial charge in [0.1, 0.15) is 0 Å². The van der Waals surface area contributed by atoms with Gasteiger partial charge in [-0.25, -0.2) is 20.1 Å². The molecule has 2 aliphatic rings. The van der Waals surface area contributed by atoms with E-state index in [-0.39, 0.29) is 11.2 Å². The predicted molar refractivity (Wildman–Crippen MR) is 150 cm³/mol. The first-order valence-electron chi connectivity index (χ1n) is 11.9. The second-order valence-corrected chi connectivity index (χ2v) is 9.05. The van der Waals surface area contributed by atoms with Crippen molar-refractivity contribution >= 4 is 74.0 Å². The van der Waals surface area contributed by atoms with Crippen LogP contribution in [0.1, 0.15) is 22.8 Å². The summed E-state index contributed by atoms with van der Waals surface area (Å²) in [5.41, 5.74) is -22.2. The third-order valence-electron chi connectivity index (χ3n) is 6.48. The predicted octanol–water partition coefficient (Wildman–Crippen LogP) is 2.92. The molecule has 0 saturated heterocycles. The highest BCUT2D eigenvalue weighted by molar-refractivity contribution is 6.00. The smallest absolute Gasteiger partial charge is 0.344 e. The second-order valence-electron chi connectivity index (χ2n) is 9.05. The Morgan fingerprint density at radius 2 is 1.04 bits per heavy atom. The van der Waals surface area contributed by atoms with E-state index < -0.39 is 118 Å². The highest BCUT2D eigenvalue weighted by atomic mass is 16.7. The molecular formula is C20H6N12O16. The van der Waals surface area contributed by atoms with Gasteiger partial charge >= 0.3 is 39.8 Å². The van der Waals surface area contributed by atoms with E-state index in [0.29, 0.717) is 12.1 Å². The van der Waals surface area contributed by atoms with Gasteiger partial charge in [-0.1, -0.05) is 0 Å². The van der Waals surface area contributed by atoms with Crippen LogP contribution in [0.4, 0.5) is 28.4 Å². The first kappa shape index (κ1) is 31.2. The van der Waals surface area contributed by atoms with Crippen LogP contribution < -0.4 is 0 Å². The topological polar surface area (TPSA) is 392 Å². The van der Waals surface area contributed by atoms with Crippen LogP contribution >= 0.6 is 0 Å². The molecule has 1 N–H and O–H groups in total. The summed E-state index contributed by atoms with van der Waals surface area (Å²) >= 11 is 0. The zero-order valence-corrected chi connectivity index (χ0v) is 22.3. The van der Waals surface area contributed by atoms with Gasteiger partial charge in [0.25, 0.3) is 5.52 Å². The van der Waals surface area contributed by atoms with Crippen LogP contribution in [0.3, 0.4) is 0 Å². The number of aromatic nitrogens is 4. The molecule has 28 nitrogen and oxygen atoms in total. The summed E-state index contributed by atoms with van der Waals surface area (Å²) in [4.78, 5) is 95.9. The zero-order chi connectivity index (χ0) is 35.5. The first-order chi connectivity index (χ1) is 22.5. The van der Waals surface area contributed by atoms with Crippen LogP contribution in [0.25, 0.3) is 45.6 Å². The average molecular weight is 670 g/mol. The molecule has 3 aromatic heterocycles. The molecule has 8 bridgehead atoms. The Bertz CT molecular complexity index is 2390. The highest BCUT2D eigenvalue weighted by Gasteiger charge is 2.52. The van der Waals surface area contributed by atoms with E-state index >= 15 is 0 Å². The summed E-state index contributed by atoms with van der Waals surface area (Å²) in [5.74, 6) is 0. The van der Waals surface area contributed by atoms with Crippen molar-refractivity contribution < 1.29 is 39.5 Å². The molecule has 0 aliphatic carbocycles. The number of hydrogen-bond donors (Lipinski definition) is 1. The molecule has 0 atom stereocenters. The standard InChI is InChI=1S/C20H6N12O16/c33-25(34)9-5-8-3-6-1-2-7(21-6)4-10-14(26(35)36)20(31(45)46)19(24(10)32(47)48)18(30(43)44)13-17(29(41)42)16(28(39)40)12(23-13)15(27(37)38)11(9)22-8/h1-5,22H. The molecular weight excluding hydrogens is 664 g/mol. The van der Waals surface area contributed by atoms with E-state index in [9.17, 15) is 80.9 Å². The molecule has 0 spiro atoms. The third-order valence-corrected chi connectivity index (χ3v) is 6.48. The van der Waals surface area contributed by atoms with Gasteiger partial charge in [0.15, 0.2) is 16.1 Å². The Balaban J connectivity index is 2.34. The van der Waals surface area contributed by atoms with E-state index in [0.717, 1.165) is 18.2 Å². The Kier molecular flexibility index (Phi) is 7.00. The maximum atomic E-state index is 12.5. The Morgan fingerprint density at radius 1 is 0.542 bits per heavy atom. The van der Waals surface area contributed by atoms with Crippen molar-refractivity contribution in [1.82, 2.24) is 19.6 Å². The number of nitro groups is 8. The molecule has 28 heteroatoms. The minimum absolute atomic E-state index is 0.192. The molecule has 0 aromatic carbocycles. The monoisotopic (exact) mass is 670 g/mol. The maximum absolute atomic E-state index is 12.5. The number of nitrogens with zero attached hydrogens (tertiary/aromatic N) is 11. The lowest BCUT2D eigenvalue weighted by Crippen LogP contribution is -2.11. The van der Waals surface area contributed by atoms with Crippen LogP contribution in [0.15, 0.2) is 18.2 Å². The number of hydrogen-bond acceptors (Lipinski definition) is 18. The summed E-state index contributed by atoms with van der Waals surface area (Å²) in [6.45, 7) is 0. The van der Waals surface area contributed by atoms with Crippen LogP contribution in [0.2, 0.25) is 0 Å². The molecule has 48 heavy (non-hydrogen) atoms. The normalized spacial score (nSPS) is 12.1. The number of H-pyrrole nitrogens is 1. The lowest BCUT2D eigenvalue weighted by molar-refractivity contribution is -0.534. The van der Waals surface area contributed by atoms with Gasteiger partial charge in [-0.3, -0.25) is 70.8 Å². The molecule has 0 unspecified atom stereocenters. The SMILES string of the molecule is O=[N+]([O-])C1=C([N+](=O)[O-])c2nc1c([N+](=O)[O-])c1[nH]c(cc3nc(cc4c([N+](=O)[O-])c([N+](=O)[O-])c(c2[N+](=O)[O-])n4[N+](=O)[O-])C=C3)cc1[N+](=O)[O-]. The van der Waals surface area contributed by atoms with Crippen molar-refractivity contribution in [3.63, 3.8) is 0 Å². The molecule has 0 radical (unpaired) electrons. The fraction of sp³-hybridized carbons (Fsp3) is 0. The van der Waals surface area contributed by atoms with Gasteiger partial charge in [0.2, 0.25) is 11.4 Å². The van der Waals surface area contributed by atoms with E-state index in [4.69, 9.17) is 0 Å². The maximum Gasteiger partial charge on any atom is 0.385 e. The molecule has 0 fully saturated rings. The summed E-state index contributed by atoms with van der Waals surface area (Å²) in [6, 6.07) is 2.15. The van der Waals surface area contributed by atoms with Crippen LogP contribution in [0.5, 0.6) is 0 Å². The number of rotatable bonds is 8. The fourth-order valence-electron chi connectivity index (χ4n) is 4.84. The molecule has 5 heterocycles. The molecule has 5 rings (SSSR count). The molecule has 2 aliphatic heterocycles. The molecule has 242 valence electrons. The van der Waals surface area contributed by atoms with Gasteiger partial charge in [-0.2, -0.15) is 0 Å². The third kappa shape index (κ3) is 4.66. The van der Waals surface area contributed by atoms with E-state index in [2.05, 4.69) is 15.0 Å². The quantitative estimate of drug-likeness (QED) is 0.208. The summed E-state index contributed by atoms with van der Waals surface area (Å²) < 4.78 is -0.582. The van der Waals surface area contributed by atoms with Crippen molar-refractivity contribution in [2.75, 3.05) is 0 Å². The van der Waals surface area contributed by atoms with Gasteiger partial charge in [0, 0.05) is 17.6 Å². The van der Waals surface area contributed by atoms with Gasteiger partial charge < -0.3 is 4.98 Å². The first-order valence-corrected chi connectivity index (χ1v) is 11.9. The molecule has 0 amide bonds. The zero-order valence-electron chi connectivity index (χ0n) is 22.3. The Labute approximate surface area is 255 Å². The Hall–Kier alpha value is -8.20. The van der Waals surface area contributed by atoms with Crippen molar-refractivity contribution in [1.29, 1.82) is 0 Å². The van der Waals surface area contributed by atoms with Gasteiger partial charge in [0.05, 0.1) is 45.9 Å². The van der Waals surface area contributed by atoms with Crippen molar-refractivity contribution in [2.24, 2.45) is 0 Å². The van der Waals surface area contributed by atoms with Crippen LogP contribution in [-0.4, -0.2) is 59.1 Å². The summed E-state index contributed by atoms with van der Waals surface area (Å²) in [6.07, 6.45) is 2.14. The number of nitrogens with one attached hydrogen (secondary N) is 1. The largest absolute Gasteiger partial charge is 0.385 e. The van der Waals surface area contributed by atoms with E-state index in [1.54, 1.807) is 0 Å². The number of fused-ring (bicyclic) bond motifs is 8. The van der Waals surface area contributed by atoms with Crippen LogP contribution in [0, 0.1) is 80.9 Å². The number of aromatic amines is 1. The van der Waals surface area contributed by atoms with Crippen molar-refractivity contribution in [2.45, 2.75) is 0 Å². The minimum atomic E-state index is -2.19. The van der Waals surface area contributed by atoms with Crippen molar-refractivity contribution in [3.8, 4) is 0 Å². The lowest BCUT2D eigenvalue weighted by Gasteiger charge is -1.97. The van der Waals surface area contributed by atoms with Crippen molar-refractivity contribution in [3.05, 3.63) is 122 Å². The molecule has 3 aromatic rings.